The zero-order valence-electron chi connectivity index (χ0n) is 13.7. The summed E-state index contributed by atoms with van der Waals surface area (Å²) < 4.78 is 37.0. The molecule has 0 saturated heterocycles. The van der Waals surface area contributed by atoms with Crippen molar-refractivity contribution in [3.8, 4) is 11.5 Å². The third kappa shape index (κ3) is 3.76. The van der Waals surface area contributed by atoms with Gasteiger partial charge in [-0.1, -0.05) is 24.3 Å². The molecule has 0 radical (unpaired) electrons. The summed E-state index contributed by atoms with van der Waals surface area (Å²) in [5.41, 5.74) is 2.27. The fraction of sp³-hybridized carbons (Fsp3) is 0.294. The Hall–Kier alpha value is -2.21. The Morgan fingerprint density at radius 1 is 1.00 bits per heavy atom. The van der Waals surface area contributed by atoms with Crippen LogP contribution in [0.4, 0.5) is 5.69 Å². The summed E-state index contributed by atoms with van der Waals surface area (Å²) in [5.74, 6) is 0.994. The van der Waals surface area contributed by atoms with E-state index in [1.54, 1.807) is 18.2 Å². The van der Waals surface area contributed by atoms with Gasteiger partial charge >= 0.3 is 0 Å². The lowest BCUT2D eigenvalue weighted by Gasteiger charge is -2.21. The van der Waals surface area contributed by atoms with Gasteiger partial charge in [-0.25, -0.2) is 8.42 Å². The molecule has 0 fully saturated rings. The van der Waals surface area contributed by atoms with Crippen molar-refractivity contribution >= 4 is 15.7 Å². The van der Waals surface area contributed by atoms with E-state index in [1.807, 2.05) is 31.2 Å². The third-order valence-corrected chi connectivity index (χ3v) is 5.47. The minimum Gasteiger partial charge on any atom is -0.493 e. The van der Waals surface area contributed by atoms with Crippen LogP contribution in [0.15, 0.2) is 42.5 Å². The molecule has 0 N–H and O–H groups in total. The van der Waals surface area contributed by atoms with E-state index in [9.17, 15) is 8.42 Å². The van der Waals surface area contributed by atoms with Crippen molar-refractivity contribution in [3.05, 3.63) is 53.6 Å². The van der Waals surface area contributed by atoms with Crippen molar-refractivity contribution < 1.29 is 17.9 Å². The van der Waals surface area contributed by atoms with Crippen molar-refractivity contribution in [3.63, 3.8) is 0 Å². The molecular weight excluding hydrogens is 314 g/mol. The number of methoxy groups -OCH3 is 2. The molecule has 2 rings (SSSR count). The minimum atomic E-state index is -3.50. The van der Waals surface area contributed by atoms with Gasteiger partial charge in [0.2, 0.25) is 10.0 Å². The standard InChI is InChI=1S/C17H21NO4S/c1-13-7-5-6-8-14(13)12-23(19,20)18(2)15-9-10-16(21-3)17(11-15)22-4/h5-11H,12H2,1-4H3. The molecule has 0 heterocycles. The molecule has 0 aliphatic rings. The van der Waals surface area contributed by atoms with Crippen LogP contribution in [0.3, 0.4) is 0 Å². The Morgan fingerprint density at radius 3 is 2.26 bits per heavy atom. The number of sulfonamides is 1. The van der Waals surface area contributed by atoms with Crippen molar-refractivity contribution in [1.29, 1.82) is 0 Å². The average Bonchev–Trinajstić information content (AvgIpc) is 2.55. The first kappa shape index (κ1) is 17.1. The molecule has 2 aromatic rings. The highest BCUT2D eigenvalue weighted by atomic mass is 32.2. The maximum absolute atomic E-state index is 12.7. The van der Waals surface area contributed by atoms with Gasteiger partial charge in [0.15, 0.2) is 11.5 Å². The van der Waals surface area contributed by atoms with Gasteiger partial charge in [-0.3, -0.25) is 4.31 Å². The third-order valence-electron chi connectivity index (χ3n) is 3.75. The SMILES string of the molecule is COc1ccc(N(C)S(=O)(=O)Cc2ccccc2C)cc1OC. The Morgan fingerprint density at radius 2 is 1.65 bits per heavy atom. The first-order valence-electron chi connectivity index (χ1n) is 7.12. The zero-order chi connectivity index (χ0) is 17.0. The van der Waals surface area contributed by atoms with Gasteiger partial charge in [0.1, 0.15) is 0 Å². The van der Waals surface area contributed by atoms with Gasteiger partial charge in [-0.2, -0.15) is 0 Å². The van der Waals surface area contributed by atoms with Crippen LogP contribution in [-0.2, 0) is 15.8 Å². The lowest BCUT2D eigenvalue weighted by molar-refractivity contribution is 0.355. The fourth-order valence-corrected chi connectivity index (χ4v) is 3.59. The summed E-state index contributed by atoms with van der Waals surface area (Å²) in [7, 11) is 1.10. The van der Waals surface area contributed by atoms with E-state index in [1.165, 1.54) is 25.6 Å². The molecule has 0 aliphatic carbocycles. The molecule has 0 spiro atoms. The van der Waals surface area contributed by atoms with Gasteiger partial charge in [0, 0.05) is 13.1 Å². The lowest BCUT2D eigenvalue weighted by atomic mass is 10.1. The molecule has 0 aliphatic heterocycles. The molecule has 0 unspecified atom stereocenters. The Balaban J connectivity index is 2.31. The van der Waals surface area contributed by atoms with E-state index in [4.69, 9.17) is 9.47 Å². The largest absolute Gasteiger partial charge is 0.493 e. The predicted molar refractivity (Wildman–Crippen MR) is 91.8 cm³/mol. The number of anilines is 1. The average molecular weight is 335 g/mol. The Kier molecular flexibility index (Phi) is 5.15. The number of aryl methyl sites for hydroxylation is 1. The normalized spacial score (nSPS) is 11.1. The first-order chi connectivity index (χ1) is 10.9. The summed E-state index contributed by atoms with van der Waals surface area (Å²) in [6.07, 6.45) is 0. The van der Waals surface area contributed by atoms with Crippen LogP contribution in [0.5, 0.6) is 11.5 Å². The maximum atomic E-state index is 12.7. The molecule has 0 amide bonds. The van der Waals surface area contributed by atoms with Gasteiger partial charge < -0.3 is 9.47 Å². The van der Waals surface area contributed by atoms with Crippen LogP contribution in [0.2, 0.25) is 0 Å². The van der Waals surface area contributed by atoms with Crippen LogP contribution in [-0.4, -0.2) is 29.7 Å². The summed E-state index contributed by atoms with van der Waals surface area (Å²) in [5, 5.41) is 0. The summed E-state index contributed by atoms with van der Waals surface area (Å²) >= 11 is 0. The molecule has 2 aromatic carbocycles. The molecule has 6 heteroatoms. The molecule has 0 bridgehead atoms. The summed E-state index contributed by atoms with van der Waals surface area (Å²) in [4.78, 5) is 0. The van der Waals surface area contributed by atoms with Gasteiger partial charge in [-0.15, -0.1) is 0 Å². The molecule has 0 aromatic heterocycles. The monoisotopic (exact) mass is 335 g/mol. The second-order valence-corrected chi connectivity index (χ2v) is 7.19. The van der Waals surface area contributed by atoms with Gasteiger partial charge in [0.05, 0.1) is 25.7 Å². The number of ether oxygens (including phenoxy) is 2. The molecule has 124 valence electrons. The first-order valence-corrected chi connectivity index (χ1v) is 8.73. The topological polar surface area (TPSA) is 55.8 Å². The summed E-state index contributed by atoms with van der Waals surface area (Å²) in [6, 6.07) is 12.5. The number of hydrogen-bond acceptors (Lipinski definition) is 4. The molecule has 0 saturated carbocycles. The van der Waals surface area contributed by atoms with Crippen molar-refractivity contribution in [2.24, 2.45) is 0 Å². The number of rotatable bonds is 6. The predicted octanol–water partition coefficient (Wildman–Crippen LogP) is 2.98. The number of hydrogen-bond donors (Lipinski definition) is 0. The van der Waals surface area contributed by atoms with Crippen LogP contribution < -0.4 is 13.8 Å². The van der Waals surface area contributed by atoms with E-state index in [0.717, 1.165) is 11.1 Å². The van der Waals surface area contributed by atoms with E-state index >= 15 is 0 Å². The molecule has 23 heavy (non-hydrogen) atoms. The maximum Gasteiger partial charge on any atom is 0.239 e. The van der Waals surface area contributed by atoms with Crippen LogP contribution >= 0.6 is 0 Å². The van der Waals surface area contributed by atoms with Crippen LogP contribution in [0.1, 0.15) is 11.1 Å². The van der Waals surface area contributed by atoms with Gasteiger partial charge in [-0.05, 0) is 30.2 Å². The highest BCUT2D eigenvalue weighted by molar-refractivity contribution is 7.92. The lowest BCUT2D eigenvalue weighted by Crippen LogP contribution is -2.28. The Bertz CT molecular complexity index is 787. The van der Waals surface area contributed by atoms with Crippen molar-refractivity contribution in [2.75, 3.05) is 25.6 Å². The second-order valence-electron chi connectivity index (χ2n) is 5.19. The quantitative estimate of drug-likeness (QED) is 0.814. The van der Waals surface area contributed by atoms with Crippen LogP contribution in [0.25, 0.3) is 0 Å². The molecule has 5 nitrogen and oxygen atoms in total. The minimum absolute atomic E-state index is 0.0511. The summed E-state index contributed by atoms with van der Waals surface area (Å²) in [6.45, 7) is 1.90. The highest BCUT2D eigenvalue weighted by Gasteiger charge is 2.21. The van der Waals surface area contributed by atoms with E-state index in [2.05, 4.69) is 0 Å². The van der Waals surface area contributed by atoms with E-state index in [0.29, 0.717) is 17.2 Å². The highest BCUT2D eigenvalue weighted by Crippen LogP contribution is 2.32. The fourth-order valence-electron chi connectivity index (χ4n) is 2.25. The molecule has 0 atom stereocenters. The van der Waals surface area contributed by atoms with Gasteiger partial charge in [0.25, 0.3) is 0 Å². The zero-order valence-corrected chi connectivity index (χ0v) is 14.6. The molecular formula is C17H21NO4S. The van der Waals surface area contributed by atoms with Crippen molar-refractivity contribution in [2.45, 2.75) is 12.7 Å². The Labute approximate surface area is 137 Å². The van der Waals surface area contributed by atoms with Crippen LogP contribution in [0, 0.1) is 6.92 Å². The van der Waals surface area contributed by atoms with E-state index in [-0.39, 0.29) is 5.75 Å². The number of benzene rings is 2. The van der Waals surface area contributed by atoms with E-state index < -0.39 is 10.0 Å². The second kappa shape index (κ2) is 6.91. The number of nitrogens with zero attached hydrogens (tertiary/aromatic N) is 1. The van der Waals surface area contributed by atoms with Crippen molar-refractivity contribution in [1.82, 2.24) is 0 Å². The smallest absolute Gasteiger partial charge is 0.239 e.